The van der Waals surface area contributed by atoms with Crippen LogP contribution in [0.3, 0.4) is 0 Å². The minimum absolute atomic E-state index is 0.579. The molecule has 1 aliphatic carbocycles. The molecule has 0 amide bonds. The summed E-state index contributed by atoms with van der Waals surface area (Å²) in [6, 6.07) is 18.1. The van der Waals surface area contributed by atoms with Crippen LogP contribution in [0.2, 0.25) is 0 Å². The van der Waals surface area contributed by atoms with Crippen LogP contribution in [0.1, 0.15) is 22.3 Å². The van der Waals surface area contributed by atoms with Gasteiger partial charge in [-0.3, -0.25) is 0 Å². The molecule has 21 heavy (non-hydrogen) atoms. The zero-order valence-electron chi connectivity index (χ0n) is 13.0. The van der Waals surface area contributed by atoms with Crippen LogP contribution < -0.4 is 5.32 Å². The van der Waals surface area contributed by atoms with Crippen LogP contribution in [0.15, 0.2) is 48.5 Å². The Morgan fingerprint density at radius 3 is 2.10 bits per heavy atom. The number of nitrogens with zero attached hydrogens (tertiary/aromatic N) is 1. The van der Waals surface area contributed by atoms with E-state index < -0.39 is 0 Å². The van der Waals surface area contributed by atoms with Gasteiger partial charge in [-0.2, -0.15) is 0 Å². The molecule has 0 spiro atoms. The lowest BCUT2D eigenvalue weighted by Gasteiger charge is -2.17. The maximum Gasteiger partial charge on any atom is 0.0230 e. The number of fused-ring (bicyclic) bond motifs is 1. The normalized spacial score (nSPS) is 14.6. The summed E-state index contributed by atoms with van der Waals surface area (Å²) in [5, 5.41) is 3.74. The van der Waals surface area contributed by atoms with Crippen LogP contribution in [0.4, 0.5) is 0 Å². The van der Waals surface area contributed by atoms with E-state index in [0.29, 0.717) is 6.04 Å². The second kappa shape index (κ2) is 6.42. The number of hydrogen-bond donors (Lipinski definition) is 1. The monoisotopic (exact) mass is 280 g/mol. The molecule has 1 aliphatic rings. The average Bonchev–Trinajstić information content (AvgIpc) is 2.88. The van der Waals surface area contributed by atoms with Crippen molar-refractivity contribution in [3.63, 3.8) is 0 Å². The Labute approximate surface area is 127 Å². The zero-order chi connectivity index (χ0) is 14.7. The molecule has 0 saturated carbocycles. The summed E-state index contributed by atoms with van der Waals surface area (Å²) >= 11 is 0. The van der Waals surface area contributed by atoms with E-state index in [1.54, 1.807) is 0 Å². The average molecular weight is 280 g/mol. The zero-order valence-corrected chi connectivity index (χ0v) is 13.0. The largest absolute Gasteiger partial charge is 0.309 e. The van der Waals surface area contributed by atoms with Crippen LogP contribution in [-0.4, -0.2) is 25.0 Å². The van der Waals surface area contributed by atoms with E-state index in [0.717, 1.165) is 25.9 Å². The van der Waals surface area contributed by atoms with Gasteiger partial charge in [-0.05, 0) is 49.2 Å². The highest BCUT2D eigenvalue weighted by atomic mass is 15.0. The molecular weight excluding hydrogens is 256 g/mol. The second-order valence-electron chi connectivity index (χ2n) is 6.26. The highest BCUT2D eigenvalue weighted by Gasteiger charge is 2.20. The van der Waals surface area contributed by atoms with Crippen molar-refractivity contribution >= 4 is 0 Å². The van der Waals surface area contributed by atoms with Crippen molar-refractivity contribution < 1.29 is 0 Å². The molecule has 0 fully saturated rings. The summed E-state index contributed by atoms with van der Waals surface area (Å²) in [5.74, 6) is 0. The van der Waals surface area contributed by atoms with Gasteiger partial charge in [0, 0.05) is 19.1 Å². The lowest BCUT2D eigenvalue weighted by Crippen LogP contribution is -2.29. The number of benzene rings is 2. The molecule has 0 saturated heterocycles. The van der Waals surface area contributed by atoms with E-state index in [1.807, 2.05) is 0 Å². The predicted octanol–water partition coefficient (Wildman–Crippen LogP) is 3.01. The minimum Gasteiger partial charge on any atom is -0.309 e. The summed E-state index contributed by atoms with van der Waals surface area (Å²) in [4.78, 5) is 2.23. The number of hydrogen-bond acceptors (Lipinski definition) is 2. The van der Waals surface area contributed by atoms with Crippen molar-refractivity contribution in [2.24, 2.45) is 0 Å². The summed E-state index contributed by atoms with van der Waals surface area (Å²) < 4.78 is 0. The fraction of sp³-hybridized carbons (Fsp3) is 0.368. The Kier molecular flexibility index (Phi) is 4.37. The lowest BCUT2D eigenvalue weighted by atomic mass is 10.1. The van der Waals surface area contributed by atoms with Crippen LogP contribution >= 0.6 is 0 Å². The summed E-state index contributed by atoms with van der Waals surface area (Å²) in [6.45, 7) is 1.96. The van der Waals surface area contributed by atoms with Crippen molar-refractivity contribution in [3.8, 4) is 0 Å². The fourth-order valence-corrected chi connectivity index (χ4v) is 3.18. The Morgan fingerprint density at radius 1 is 0.905 bits per heavy atom. The predicted molar refractivity (Wildman–Crippen MR) is 88.3 cm³/mol. The van der Waals surface area contributed by atoms with Crippen LogP contribution in [0, 0.1) is 0 Å². The van der Waals surface area contributed by atoms with Crippen LogP contribution in [0.5, 0.6) is 0 Å². The van der Waals surface area contributed by atoms with Crippen molar-refractivity contribution in [1.82, 2.24) is 10.2 Å². The van der Waals surface area contributed by atoms with Gasteiger partial charge < -0.3 is 10.2 Å². The molecule has 0 unspecified atom stereocenters. The van der Waals surface area contributed by atoms with Gasteiger partial charge in [-0.25, -0.2) is 0 Å². The van der Waals surface area contributed by atoms with E-state index >= 15 is 0 Å². The third-order valence-electron chi connectivity index (χ3n) is 4.24. The third-order valence-corrected chi connectivity index (χ3v) is 4.24. The SMILES string of the molecule is CN(C)Cc1ccccc1CNC1Cc2ccccc2C1. The molecule has 2 aromatic carbocycles. The molecule has 0 atom stereocenters. The molecule has 1 N–H and O–H groups in total. The molecule has 2 nitrogen and oxygen atoms in total. The third kappa shape index (κ3) is 3.52. The van der Waals surface area contributed by atoms with E-state index in [2.05, 4.69) is 72.8 Å². The first-order chi connectivity index (χ1) is 10.2. The van der Waals surface area contributed by atoms with Crippen molar-refractivity contribution in [1.29, 1.82) is 0 Å². The second-order valence-corrected chi connectivity index (χ2v) is 6.26. The first-order valence-electron chi connectivity index (χ1n) is 7.74. The molecule has 0 heterocycles. The Morgan fingerprint density at radius 2 is 1.48 bits per heavy atom. The van der Waals surface area contributed by atoms with E-state index in [4.69, 9.17) is 0 Å². The molecular formula is C19H24N2. The molecule has 0 bridgehead atoms. The van der Waals surface area contributed by atoms with E-state index in [1.165, 1.54) is 22.3 Å². The quantitative estimate of drug-likeness (QED) is 0.906. The highest BCUT2D eigenvalue weighted by Crippen LogP contribution is 2.22. The topological polar surface area (TPSA) is 15.3 Å². The van der Waals surface area contributed by atoms with Gasteiger partial charge in [0.2, 0.25) is 0 Å². The lowest BCUT2D eigenvalue weighted by molar-refractivity contribution is 0.399. The van der Waals surface area contributed by atoms with Crippen LogP contribution in [-0.2, 0) is 25.9 Å². The first-order valence-corrected chi connectivity index (χ1v) is 7.74. The molecule has 2 aromatic rings. The van der Waals surface area contributed by atoms with E-state index in [-0.39, 0.29) is 0 Å². The van der Waals surface area contributed by atoms with Gasteiger partial charge in [0.15, 0.2) is 0 Å². The van der Waals surface area contributed by atoms with Gasteiger partial charge in [-0.1, -0.05) is 48.5 Å². The highest BCUT2D eigenvalue weighted by molar-refractivity contribution is 5.33. The number of nitrogens with one attached hydrogen (secondary N) is 1. The van der Waals surface area contributed by atoms with Crippen molar-refractivity contribution in [2.45, 2.75) is 32.0 Å². The van der Waals surface area contributed by atoms with E-state index in [9.17, 15) is 0 Å². The summed E-state index contributed by atoms with van der Waals surface area (Å²) in [7, 11) is 4.25. The van der Waals surface area contributed by atoms with Gasteiger partial charge >= 0.3 is 0 Å². The fourth-order valence-electron chi connectivity index (χ4n) is 3.18. The summed E-state index contributed by atoms with van der Waals surface area (Å²) in [6.07, 6.45) is 2.32. The number of rotatable bonds is 5. The maximum absolute atomic E-state index is 3.74. The molecule has 0 aliphatic heterocycles. The van der Waals surface area contributed by atoms with Crippen molar-refractivity contribution in [2.75, 3.05) is 14.1 Å². The first kappa shape index (κ1) is 14.3. The van der Waals surface area contributed by atoms with Gasteiger partial charge in [0.25, 0.3) is 0 Å². The maximum atomic E-state index is 3.74. The van der Waals surface area contributed by atoms with Crippen molar-refractivity contribution in [3.05, 3.63) is 70.8 Å². The standard InChI is InChI=1S/C19H24N2/c1-21(2)14-18-10-6-5-9-17(18)13-20-19-11-15-7-3-4-8-16(15)12-19/h3-10,19-20H,11-14H2,1-2H3. The molecule has 0 radical (unpaired) electrons. The molecule has 3 rings (SSSR count). The molecule has 2 heteroatoms. The summed E-state index contributed by atoms with van der Waals surface area (Å²) in [5.41, 5.74) is 5.86. The minimum atomic E-state index is 0.579. The van der Waals surface area contributed by atoms with Gasteiger partial charge in [0.05, 0.1) is 0 Å². The van der Waals surface area contributed by atoms with Gasteiger partial charge in [-0.15, -0.1) is 0 Å². The Balaban J connectivity index is 1.62. The Bertz CT molecular complexity index is 579. The van der Waals surface area contributed by atoms with Gasteiger partial charge in [0.1, 0.15) is 0 Å². The molecule has 0 aromatic heterocycles. The molecule has 110 valence electrons. The smallest absolute Gasteiger partial charge is 0.0230 e. The van der Waals surface area contributed by atoms with Crippen LogP contribution in [0.25, 0.3) is 0 Å². The Hall–Kier alpha value is -1.64.